The van der Waals surface area contributed by atoms with Crippen molar-refractivity contribution in [1.29, 1.82) is 0 Å². The van der Waals surface area contributed by atoms with Crippen molar-refractivity contribution in [1.82, 2.24) is 10.6 Å². The van der Waals surface area contributed by atoms with Crippen LogP contribution in [-0.4, -0.2) is 41.3 Å². The van der Waals surface area contributed by atoms with Crippen LogP contribution in [0.1, 0.15) is 69.4 Å². The molecule has 0 bridgehead atoms. The van der Waals surface area contributed by atoms with Crippen LogP contribution in [0.5, 0.6) is 0 Å². The van der Waals surface area contributed by atoms with Gasteiger partial charge in [-0.3, -0.25) is 9.59 Å². The van der Waals surface area contributed by atoms with Crippen molar-refractivity contribution in [2.75, 3.05) is 6.61 Å². The van der Waals surface area contributed by atoms with Gasteiger partial charge in [0, 0.05) is 12.0 Å². The lowest BCUT2D eigenvalue weighted by Crippen LogP contribution is -2.61. The summed E-state index contributed by atoms with van der Waals surface area (Å²) in [5, 5.41) is 15.0. The number of carbonyl (C=O) groups excluding carboxylic acids is 2. The summed E-state index contributed by atoms with van der Waals surface area (Å²) < 4.78 is 5.71. The summed E-state index contributed by atoms with van der Waals surface area (Å²) in [7, 11) is 0. The summed E-state index contributed by atoms with van der Waals surface area (Å²) in [4.78, 5) is 37.6. The number of hydrogen-bond acceptors (Lipinski definition) is 4. The Morgan fingerprint density at radius 2 is 1.54 bits per heavy atom. The lowest BCUT2D eigenvalue weighted by atomic mass is 9.80. The second-order valence-corrected chi connectivity index (χ2v) is 10.0. The van der Waals surface area contributed by atoms with E-state index in [1.54, 1.807) is 0 Å². The van der Waals surface area contributed by atoms with Gasteiger partial charge in [0.25, 0.3) is 0 Å². The van der Waals surface area contributed by atoms with Gasteiger partial charge in [0.2, 0.25) is 5.91 Å². The maximum atomic E-state index is 13.4. The molecule has 3 N–H and O–H groups in total. The van der Waals surface area contributed by atoms with Crippen LogP contribution >= 0.6 is 0 Å². The van der Waals surface area contributed by atoms with E-state index in [1.807, 2.05) is 38.1 Å². The molecule has 0 saturated heterocycles. The maximum absolute atomic E-state index is 13.4. The lowest BCUT2D eigenvalue weighted by molar-refractivity contribution is -0.138. The number of carboxylic acid groups (broad SMARTS) is 1. The first-order valence-electron chi connectivity index (χ1n) is 12.5. The number of hydrogen-bond donors (Lipinski definition) is 3. The van der Waals surface area contributed by atoms with Crippen molar-refractivity contribution in [3.05, 3.63) is 59.7 Å². The molecular formula is C28H34N2O5. The van der Waals surface area contributed by atoms with Crippen molar-refractivity contribution in [2.45, 2.75) is 69.9 Å². The highest BCUT2D eigenvalue weighted by Crippen LogP contribution is 2.44. The number of ether oxygens (including phenoxy) is 1. The molecule has 2 aromatic carbocycles. The Hall–Kier alpha value is -3.35. The third-order valence-electron chi connectivity index (χ3n) is 7.34. The molecular weight excluding hydrogens is 444 g/mol. The Morgan fingerprint density at radius 3 is 2.09 bits per heavy atom. The van der Waals surface area contributed by atoms with Gasteiger partial charge in [-0.2, -0.15) is 0 Å². The van der Waals surface area contributed by atoms with Crippen LogP contribution in [0.25, 0.3) is 11.1 Å². The fraction of sp³-hybridized carbons (Fsp3) is 0.464. The molecule has 0 spiro atoms. The quantitative estimate of drug-likeness (QED) is 0.503. The molecule has 4 rings (SSSR count). The molecule has 2 aliphatic carbocycles. The van der Waals surface area contributed by atoms with Crippen molar-refractivity contribution in [3.8, 4) is 11.1 Å². The molecule has 2 amide bonds. The molecule has 186 valence electrons. The highest BCUT2D eigenvalue weighted by atomic mass is 16.5. The highest BCUT2D eigenvalue weighted by molar-refractivity contribution is 5.90. The van der Waals surface area contributed by atoms with E-state index in [-0.39, 0.29) is 30.8 Å². The van der Waals surface area contributed by atoms with Crippen LogP contribution in [0.15, 0.2) is 48.5 Å². The zero-order valence-corrected chi connectivity index (χ0v) is 20.4. The average Bonchev–Trinajstić information content (AvgIpc) is 3.16. The number of aliphatic carboxylic acids is 1. The molecule has 1 saturated carbocycles. The van der Waals surface area contributed by atoms with Crippen molar-refractivity contribution >= 4 is 18.0 Å². The number of carboxylic acids is 1. The first-order chi connectivity index (χ1) is 16.8. The van der Waals surface area contributed by atoms with Crippen LogP contribution < -0.4 is 10.6 Å². The summed E-state index contributed by atoms with van der Waals surface area (Å²) in [6, 6.07) is 15.8. The maximum Gasteiger partial charge on any atom is 0.408 e. The number of nitrogens with one attached hydrogen (secondary N) is 2. The average molecular weight is 479 g/mol. The molecule has 35 heavy (non-hydrogen) atoms. The normalized spacial score (nSPS) is 17.2. The van der Waals surface area contributed by atoms with Crippen molar-refractivity contribution < 1.29 is 24.2 Å². The predicted octanol–water partition coefficient (Wildman–Crippen LogP) is 4.84. The Kier molecular flexibility index (Phi) is 7.43. The van der Waals surface area contributed by atoms with Crippen LogP contribution in [0, 0.1) is 5.92 Å². The Bertz CT molecular complexity index is 1040. The smallest absolute Gasteiger partial charge is 0.408 e. The van der Waals surface area contributed by atoms with Crippen LogP contribution in [-0.2, 0) is 14.3 Å². The second kappa shape index (κ2) is 10.5. The molecule has 0 aliphatic heterocycles. The van der Waals surface area contributed by atoms with E-state index in [0.717, 1.165) is 41.5 Å². The minimum absolute atomic E-state index is 0.0508. The van der Waals surface area contributed by atoms with Gasteiger partial charge in [-0.1, -0.05) is 81.6 Å². The molecule has 7 heteroatoms. The van der Waals surface area contributed by atoms with Crippen LogP contribution in [0.4, 0.5) is 4.79 Å². The standard InChI is InChI=1S/C28H34N2O5/c1-18(2)24(16-25(31)32)29-26(33)28(14-8-3-9-15-28)30-27(34)35-17-23-21-12-6-4-10-19(21)20-11-5-7-13-22(20)23/h4-7,10-13,18,23-24H,3,8-9,14-17H2,1-2H3,(H,29,33)(H,30,34)(H,31,32). The number of amides is 2. The SMILES string of the molecule is CC(C)C(CC(=O)O)NC(=O)C1(NC(=O)OCC2c3ccccc3-c3ccccc32)CCCCC1. The summed E-state index contributed by atoms with van der Waals surface area (Å²) in [6.07, 6.45) is 2.82. The summed E-state index contributed by atoms with van der Waals surface area (Å²) in [6.45, 7) is 3.92. The molecule has 2 aliphatic rings. The molecule has 1 unspecified atom stereocenters. The molecule has 2 aromatic rings. The molecule has 0 radical (unpaired) electrons. The number of benzene rings is 2. The zero-order valence-electron chi connectivity index (χ0n) is 20.4. The van der Waals surface area contributed by atoms with Gasteiger partial charge in [-0.25, -0.2) is 4.79 Å². The molecule has 1 fully saturated rings. The highest BCUT2D eigenvalue weighted by Gasteiger charge is 2.42. The first-order valence-corrected chi connectivity index (χ1v) is 12.5. The Labute approximate surface area is 206 Å². The number of fused-ring (bicyclic) bond motifs is 3. The fourth-order valence-electron chi connectivity index (χ4n) is 5.34. The topological polar surface area (TPSA) is 105 Å². The first kappa shape index (κ1) is 24.8. The zero-order chi connectivity index (χ0) is 25.0. The van der Waals surface area contributed by atoms with Gasteiger partial charge in [0.1, 0.15) is 12.1 Å². The minimum Gasteiger partial charge on any atom is -0.481 e. The van der Waals surface area contributed by atoms with E-state index >= 15 is 0 Å². The third-order valence-corrected chi connectivity index (χ3v) is 7.34. The molecule has 1 atom stereocenters. The van der Waals surface area contributed by atoms with Crippen LogP contribution in [0.3, 0.4) is 0 Å². The van der Waals surface area contributed by atoms with Crippen molar-refractivity contribution in [3.63, 3.8) is 0 Å². The number of rotatable bonds is 8. The predicted molar refractivity (Wildman–Crippen MR) is 133 cm³/mol. The number of alkyl carbamates (subject to hydrolysis) is 1. The van der Waals surface area contributed by atoms with Gasteiger partial charge >= 0.3 is 12.1 Å². The van der Waals surface area contributed by atoms with E-state index in [4.69, 9.17) is 4.74 Å². The summed E-state index contributed by atoms with van der Waals surface area (Å²) >= 11 is 0. The van der Waals surface area contributed by atoms with Crippen molar-refractivity contribution in [2.24, 2.45) is 5.92 Å². The third kappa shape index (κ3) is 5.34. The largest absolute Gasteiger partial charge is 0.481 e. The molecule has 0 heterocycles. The second-order valence-electron chi connectivity index (χ2n) is 10.0. The van der Waals surface area contributed by atoms with E-state index in [9.17, 15) is 19.5 Å². The Morgan fingerprint density at radius 1 is 0.971 bits per heavy atom. The summed E-state index contributed by atoms with van der Waals surface area (Å²) in [5.41, 5.74) is 3.46. The van der Waals surface area contributed by atoms with Crippen LogP contribution in [0.2, 0.25) is 0 Å². The van der Waals surface area contributed by atoms with E-state index in [2.05, 4.69) is 34.9 Å². The van der Waals surface area contributed by atoms with Gasteiger partial charge in [-0.15, -0.1) is 0 Å². The van der Waals surface area contributed by atoms with Gasteiger partial charge in [0.05, 0.1) is 6.42 Å². The summed E-state index contributed by atoms with van der Waals surface area (Å²) in [5.74, 6) is -1.41. The lowest BCUT2D eigenvalue weighted by Gasteiger charge is -2.37. The minimum atomic E-state index is -1.09. The van der Waals surface area contributed by atoms with Gasteiger partial charge in [0.15, 0.2) is 0 Å². The monoisotopic (exact) mass is 478 g/mol. The molecule has 7 nitrogen and oxygen atoms in total. The van der Waals surface area contributed by atoms with E-state index < -0.39 is 23.6 Å². The van der Waals surface area contributed by atoms with Gasteiger partial charge in [-0.05, 0) is 41.0 Å². The van der Waals surface area contributed by atoms with E-state index in [0.29, 0.717) is 12.8 Å². The van der Waals surface area contributed by atoms with E-state index in [1.165, 1.54) is 0 Å². The molecule has 0 aromatic heterocycles. The fourth-order valence-corrected chi connectivity index (χ4v) is 5.34. The number of carbonyl (C=O) groups is 3. The Balaban J connectivity index is 1.46. The van der Waals surface area contributed by atoms with Gasteiger partial charge < -0.3 is 20.5 Å².